The number of imidazole rings is 2. The number of benzene rings is 2. The van der Waals surface area contributed by atoms with Gasteiger partial charge in [0.25, 0.3) is 0 Å². The van der Waals surface area contributed by atoms with Crippen LogP contribution >= 0.6 is 11.6 Å². The van der Waals surface area contributed by atoms with Crippen molar-refractivity contribution in [1.29, 1.82) is 0 Å². The number of hydrogen-bond acceptors (Lipinski definition) is 14. The maximum atomic E-state index is 15.1. The van der Waals surface area contributed by atoms with Crippen LogP contribution in [0.3, 0.4) is 0 Å². The van der Waals surface area contributed by atoms with Crippen LogP contribution in [0, 0.1) is 23.3 Å². The summed E-state index contributed by atoms with van der Waals surface area (Å²) >= 11 is 5.74. The Balaban J connectivity index is 0.000000143. The molecule has 16 nitrogen and oxygen atoms in total. The second-order valence-electron chi connectivity index (χ2n) is 20.9. The number of aromatic nitrogens is 10. The number of rotatable bonds is 8. The summed E-state index contributed by atoms with van der Waals surface area (Å²) in [6, 6.07) is 13.2. The fourth-order valence-electron chi connectivity index (χ4n) is 10.3. The van der Waals surface area contributed by atoms with Gasteiger partial charge in [-0.25, -0.2) is 57.4 Å². The van der Waals surface area contributed by atoms with E-state index in [1.807, 2.05) is 21.3 Å². The maximum Gasteiger partial charge on any atom is 0.229 e. The molecule has 0 amide bonds. The van der Waals surface area contributed by atoms with Crippen molar-refractivity contribution in [2.75, 3.05) is 51.3 Å². The van der Waals surface area contributed by atoms with Crippen LogP contribution < -0.4 is 20.5 Å². The van der Waals surface area contributed by atoms with Gasteiger partial charge in [-0.2, -0.15) is 0 Å². The summed E-state index contributed by atoms with van der Waals surface area (Å²) in [5.74, 6) is 2.11. The van der Waals surface area contributed by atoms with Crippen molar-refractivity contribution in [2.45, 2.75) is 102 Å². The third-order valence-electron chi connectivity index (χ3n) is 14.4. The lowest BCUT2D eigenvalue weighted by molar-refractivity contribution is 0.114. The second-order valence-corrected chi connectivity index (χ2v) is 21.2. The molecule has 6 aromatic heterocycles. The predicted octanol–water partition coefficient (Wildman–Crippen LogP) is 10.3. The highest BCUT2D eigenvalue weighted by molar-refractivity contribution is 6.28. The number of halogens is 5. The minimum Gasteiger partial charge on any atom is -0.489 e. The Morgan fingerprint density at radius 1 is 0.587 bits per heavy atom. The Morgan fingerprint density at radius 2 is 1.07 bits per heavy atom. The van der Waals surface area contributed by atoms with Crippen LogP contribution in [0.1, 0.15) is 77.9 Å². The fraction of sp³-hybridized carbons (Fsp3) is 0.407. The number of nitrogens with one attached hydrogen (secondary N) is 1. The monoisotopic (exact) mass is 1050 g/mol. The third kappa shape index (κ3) is 11.2. The highest BCUT2D eigenvalue weighted by Gasteiger charge is 2.35. The van der Waals surface area contributed by atoms with Crippen LogP contribution in [0.2, 0.25) is 5.28 Å². The molecule has 0 radical (unpaired) electrons. The van der Waals surface area contributed by atoms with E-state index in [0.29, 0.717) is 56.7 Å². The lowest BCUT2D eigenvalue weighted by Crippen LogP contribution is -2.35. The molecule has 0 atom stereocenters. The average Bonchev–Trinajstić information content (AvgIpc) is 4.15. The van der Waals surface area contributed by atoms with Gasteiger partial charge >= 0.3 is 0 Å². The highest BCUT2D eigenvalue weighted by atomic mass is 35.5. The predicted molar refractivity (Wildman–Crippen MR) is 280 cm³/mol. The van der Waals surface area contributed by atoms with Gasteiger partial charge in [-0.05, 0) is 140 Å². The first-order valence-corrected chi connectivity index (χ1v) is 25.5. The van der Waals surface area contributed by atoms with Crippen LogP contribution in [0.4, 0.5) is 35.1 Å². The summed E-state index contributed by atoms with van der Waals surface area (Å²) in [6.07, 6.45) is 13.5. The standard InChI is InChI=1S/C27H29F2N7O.C16H13ClF2N4.C11H17N3O/c1-27(2)9-6-23-33-25-19(28)12-16(13-21(25)36(23)27)24-20(29)15-31-26(34-24)32-22-5-4-18(14-30-22)37-17-7-10-35(3)11-8-17;1-16(2)4-3-12-21-14-9(18)5-8(6-11(14)23(12)16)13-10(19)7-20-15(17)22-13;1-14-6-4-9(5-7-14)15-10-2-3-11(12)13-8-10/h4-5,12-15,17H,6-11H2,1-3H3,(H,30,31,32,34);5-7H,3-4H2,1-2H3;2-3,8-9H,4-7H2,1H3,(H2,12,13). The normalized spacial score (nSPS) is 17.5. The zero-order valence-corrected chi connectivity index (χ0v) is 43.5. The van der Waals surface area contributed by atoms with Gasteiger partial charge in [-0.15, -0.1) is 0 Å². The molecule has 0 spiro atoms. The molecular weight excluding hydrogens is 988 g/mol. The van der Waals surface area contributed by atoms with Crippen molar-refractivity contribution >= 4 is 51.3 Å². The largest absolute Gasteiger partial charge is 0.489 e. The van der Waals surface area contributed by atoms with Gasteiger partial charge in [0.2, 0.25) is 11.2 Å². The van der Waals surface area contributed by atoms with Gasteiger partial charge in [0, 0.05) is 61.2 Å². The van der Waals surface area contributed by atoms with Gasteiger partial charge in [0.1, 0.15) is 69.4 Å². The van der Waals surface area contributed by atoms with E-state index < -0.39 is 23.3 Å². The van der Waals surface area contributed by atoms with Crippen molar-refractivity contribution in [2.24, 2.45) is 0 Å². The minimum absolute atomic E-state index is 0.00636. The van der Waals surface area contributed by atoms with E-state index in [-0.39, 0.29) is 39.8 Å². The van der Waals surface area contributed by atoms with Gasteiger partial charge in [0.05, 0.1) is 35.8 Å². The molecule has 392 valence electrons. The van der Waals surface area contributed by atoms with Crippen molar-refractivity contribution in [3.8, 4) is 34.0 Å². The molecule has 0 unspecified atom stereocenters. The Kier molecular flexibility index (Phi) is 14.4. The molecule has 75 heavy (non-hydrogen) atoms. The number of anilines is 3. The summed E-state index contributed by atoms with van der Waals surface area (Å²) in [6.45, 7) is 12.6. The average molecular weight is 1050 g/mol. The number of hydrogen-bond donors (Lipinski definition) is 2. The molecule has 3 N–H and O–H groups in total. The van der Waals surface area contributed by atoms with Gasteiger partial charge in [-0.3, -0.25) is 0 Å². The van der Waals surface area contributed by atoms with Crippen molar-refractivity contribution in [3.05, 3.63) is 114 Å². The van der Waals surface area contributed by atoms with Crippen LogP contribution in [0.25, 0.3) is 44.6 Å². The van der Waals surface area contributed by atoms with E-state index in [0.717, 1.165) is 107 Å². The van der Waals surface area contributed by atoms with E-state index in [1.54, 1.807) is 36.7 Å². The summed E-state index contributed by atoms with van der Waals surface area (Å²) in [4.78, 5) is 37.8. The number of pyridine rings is 2. The fourth-order valence-corrected chi connectivity index (χ4v) is 10.4. The number of ether oxygens (including phenoxy) is 2. The molecule has 4 aliphatic heterocycles. The van der Waals surface area contributed by atoms with Crippen LogP contribution in [0.5, 0.6) is 11.5 Å². The summed E-state index contributed by atoms with van der Waals surface area (Å²) in [5.41, 5.74) is 7.68. The van der Waals surface area contributed by atoms with E-state index in [2.05, 4.69) is 96.8 Å². The number of fused-ring (bicyclic) bond motifs is 6. The Bertz CT molecular complexity index is 3360. The molecule has 21 heteroatoms. The maximum absolute atomic E-state index is 15.1. The molecule has 8 aromatic rings. The number of aryl methyl sites for hydroxylation is 2. The topological polar surface area (TPSA) is 176 Å². The van der Waals surface area contributed by atoms with Crippen molar-refractivity contribution in [3.63, 3.8) is 0 Å². The first-order chi connectivity index (χ1) is 35.9. The zero-order chi connectivity index (χ0) is 52.8. The summed E-state index contributed by atoms with van der Waals surface area (Å²) < 4.78 is 74.3. The van der Waals surface area contributed by atoms with Gasteiger partial charge in [0.15, 0.2) is 23.3 Å². The Hall–Kier alpha value is -7.03. The molecular formula is C54H59ClF4N14O2. The van der Waals surface area contributed by atoms with E-state index >= 15 is 4.39 Å². The first kappa shape index (κ1) is 51.5. The quantitative estimate of drug-likeness (QED) is 0.109. The molecule has 2 saturated heterocycles. The number of nitrogens with two attached hydrogens (primary N) is 1. The lowest BCUT2D eigenvalue weighted by Gasteiger charge is -2.29. The van der Waals surface area contributed by atoms with Crippen molar-refractivity contribution < 1.29 is 27.0 Å². The molecule has 0 bridgehead atoms. The Labute approximate surface area is 436 Å². The molecule has 2 fully saturated rings. The van der Waals surface area contributed by atoms with E-state index in [9.17, 15) is 13.2 Å². The van der Waals surface area contributed by atoms with Crippen LogP contribution in [0.15, 0.2) is 73.3 Å². The zero-order valence-electron chi connectivity index (χ0n) is 42.7. The molecule has 0 aliphatic carbocycles. The Morgan fingerprint density at radius 3 is 1.55 bits per heavy atom. The number of likely N-dealkylation sites (tertiary alicyclic amines) is 2. The van der Waals surface area contributed by atoms with Crippen LogP contribution in [-0.4, -0.2) is 111 Å². The molecule has 2 aromatic carbocycles. The first-order valence-electron chi connectivity index (χ1n) is 25.2. The van der Waals surface area contributed by atoms with Crippen LogP contribution in [-0.2, 0) is 23.9 Å². The third-order valence-corrected chi connectivity index (χ3v) is 14.6. The molecule has 0 saturated carbocycles. The number of nitrogens with zero attached hydrogens (tertiary/aromatic N) is 12. The number of nitrogen functional groups attached to an aromatic ring is 1. The SMILES string of the molecule is CC1(C)CCc2nc3c(F)cc(-c4nc(Cl)ncc4F)cc3n21.CN1CCC(Oc2ccc(N)nc2)CC1.CN1CCC(Oc2ccc(Nc3ncc(F)c(-c4cc(F)c5nc6n(c5c4)C(C)(C)CC6)n3)nc2)CC1. The molecule has 10 heterocycles. The van der Waals surface area contributed by atoms with E-state index in [4.69, 9.17) is 26.8 Å². The number of piperidine rings is 2. The second kappa shape index (κ2) is 20.9. The lowest BCUT2D eigenvalue weighted by atomic mass is 10.0. The van der Waals surface area contributed by atoms with Gasteiger partial charge < -0.3 is 39.5 Å². The minimum atomic E-state index is -0.645. The van der Waals surface area contributed by atoms with Gasteiger partial charge in [-0.1, -0.05) is 0 Å². The smallest absolute Gasteiger partial charge is 0.229 e. The summed E-state index contributed by atoms with van der Waals surface area (Å²) in [5, 5.41) is 2.92. The highest BCUT2D eigenvalue weighted by Crippen LogP contribution is 2.40. The molecule has 4 aliphatic rings. The van der Waals surface area contributed by atoms with E-state index in [1.165, 1.54) is 12.1 Å². The van der Waals surface area contributed by atoms with Crippen molar-refractivity contribution in [1.82, 2.24) is 58.8 Å². The molecule has 12 rings (SSSR count). The summed E-state index contributed by atoms with van der Waals surface area (Å²) in [7, 11) is 4.25.